The van der Waals surface area contributed by atoms with Gasteiger partial charge < -0.3 is 5.32 Å². The van der Waals surface area contributed by atoms with Crippen molar-refractivity contribution in [2.75, 3.05) is 18.9 Å². The van der Waals surface area contributed by atoms with Gasteiger partial charge in [0, 0.05) is 18.8 Å². The molecule has 0 fully saturated rings. The largest absolute Gasteiger partial charge is 0.309 e. The van der Waals surface area contributed by atoms with E-state index in [1.807, 2.05) is 66.9 Å². The van der Waals surface area contributed by atoms with E-state index >= 15 is 0 Å². The summed E-state index contributed by atoms with van der Waals surface area (Å²) < 4.78 is 28.6. The molecule has 32 heavy (non-hydrogen) atoms. The Morgan fingerprint density at radius 3 is 2.38 bits per heavy atom. The summed E-state index contributed by atoms with van der Waals surface area (Å²) in [6.07, 6.45) is 1.82. The second-order valence-corrected chi connectivity index (χ2v) is 9.73. The van der Waals surface area contributed by atoms with Gasteiger partial charge in [-0.1, -0.05) is 54.1 Å². The number of carbonyl (C=O) groups excluding carboxylic acids is 1. The molecule has 4 rings (SSSR count). The van der Waals surface area contributed by atoms with Crippen molar-refractivity contribution in [3.63, 3.8) is 0 Å². The normalized spacial score (nSPS) is 11.8. The molecule has 2 aromatic heterocycles. The molecule has 0 saturated heterocycles. The van der Waals surface area contributed by atoms with Crippen LogP contribution in [0.3, 0.4) is 0 Å². The maximum atomic E-state index is 12.9. The van der Waals surface area contributed by atoms with Gasteiger partial charge in [-0.05, 0) is 37.6 Å². The number of pyridine rings is 1. The molecule has 0 aliphatic carbocycles. The van der Waals surface area contributed by atoms with Crippen molar-refractivity contribution in [1.82, 2.24) is 13.7 Å². The summed E-state index contributed by atoms with van der Waals surface area (Å²) in [5.74, 6) is 0.0460. The molecular formula is C24H24N4O3S. The molecule has 0 bridgehead atoms. The zero-order valence-electron chi connectivity index (χ0n) is 18.1. The first-order valence-electron chi connectivity index (χ1n) is 10.1. The number of nitrogens with one attached hydrogen (secondary N) is 1. The van der Waals surface area contributed by atoms with Gasteiger partial charge in [-0.15, -0.1) is 0 Å². The highest BCUT2D eigenvalue weighted by Crippen LogP contribution is 2.29. The molecule has 8 heteroatoms. The number of aromatic nitrogens is 2. The molecule has 2 heterocycles. The van der Waals surface area contributed by atoms with Gasteiger partial charge in [-0.25, -0.2) is 13.4 Å². The van der Waals surface area contributed by atoms with Crippen LogP contribution in [0.1, 0.15) is 11.1 Å². The highest BCUT2D eigenvalue weighted by molar-refractivity contribution is 7.89. The van der Waals surface area contributed by atoms with Crippen molar-refractivity contribution < 1.29 is 13.2 Å². The van der Waals surface area contributed by atoms with Crippen LogP contribution >= 0.6 is 0 Å². The smallest absolute Gasteiger partial charge is 0.243 e. The molecule has 1 N–H and O–H groups in total. The van der Waals surface area contributed by atoms with Crippen molar-refractivity contribution in [3.8, 4) is 11.3 Å². The van der Waals surface area contributed by atoms with Crippen LogP contribution in [0.25, 0.3) is 16.9 Å². The van der Waals surface area contributed by atoms with E-state index in [1.54, 1.807) is 24.3 Å². The van der Waals surface area contributed by atoms with Crippen molar-refractivity contribution in [1.29, 1.82) is 0 Å². The summed E-state index contributed by atoms with van der Waals surface area (Å²) in [7, 11) is -2.40. The van der Waals surface area contributed by atoms with Crippen LogP contribution in [-0.4, -0.2) is 41.6 Å². The number of anilines is 1. The van der Waals surface area contributed by atoms with Gasteiger partial charge >= 0.3 is 0 Å². The predicted octanol–water partition coefficient (Wildman–Crippen LogP) is 3.88. The molecule has 0 atom stereocenters. The van der Waals surface area contributed by atoms with Gasteiger partial charge in [0.2, 0.25) is 15.9 Å². The minimum absolute atomic E-state index is 0.147. The molecule has 7 nitrogen and oxygen atoms in total. The van der Waals surface area contributed by atoms with Crippen molar-refractivity contribution in [2.24, 2.45) is 0 Å². The van der Waals surface area contributed by atoms with Crippen LogP contribution in [-0.2, 0) is 14.8 Å². The third-order valence-electron chi connectivity index (χ3n) is 5.25. The number of amides is 1. The maximum Gasteiger partial charge on any atom is 0.243 e. The van der Waals surface area contributed by atoms with E-state index in [0.29, 0.717) is 11.5 Å². The Morgan fingerprint density at radius 2 is 1.69 bits per heavy atom. The summed E-state index contributed by atoms with van der Waals surface area (Å²) in [5.41, 5.74) is 4.12. The van der Waals surface area contributed by atoms with Gasteiger partial charge in [0.1, 0.15) is 17.2 Å². The Kier molecular flexibility index (Phi) is 5.82. The first-order valence-corrected chi connectivity index (χ1v) is 11.6. The lowest BCUT2D eigenvalue weighted by atomic mass is 10.1. The monoisotopic (exact) mass is 448 g/mol. The van der Waals surface area contributed by atoms with E-state index in [2.05, 4.69) is 5.32 Å². The second-order valence-electron chi connectivity index (χ2n) is 7.68. The summed E-state index contributed by atoms with van der Waals surface area (Å²) in [5, 5.41) is 2.88. The number of fused-ring (bicyclic) bond motifs is 1. The fraction of sp³-hybridized carbons (Fsp3) is 0.167. The number of benzene rings is 2. The predicted molar refractivity (Wildman–Crippen MR) is 125 cm³/mol. The Balaban J connectivity index is 1.64. The summed E-state index contributed by atoms with van der Waals surface area (Å²) >= 11 is 0. The lowest BCUT2D eigenvalue weighted by molar-refractivity contribution is -0.116. The zero-order valence-corrected chi connectivity index (χ0v) is 18.9. The fourth-order valence-corrected chi connectivity index (χ4v) is 4.60. The molecule has 164 valence electrons. The highest BCUT2D eigenvalue weighted by atomic mass is 32.2. The molecule has 0 aliphatic heterocycles. The lowest BCUT2D eigenvalue weighted by Crippen LogP contribution is -2.35. The van der Waals surface area contributed by atoms with Crippen molar-refractivity contribution in [2.45, 2.75) is 18.7 Å². The standard InChI is InChI=1S/C24H24N4O3S/c1-17-11-13-20(14-12-17)32(30,31)27(3)16-21(29)25-24-22(19-9-5-4-6-10-19)26-23-18(2)8-7-15-28(23)24/h4-15H,16H2,1-3H3,(H,25,29). The van der Waals surface area contributed by atoms with Gasteiger partial charge in [-0.3, -0.25) is 9.20 Å². The molecule has 0 radical (unpaired) electrons. The minimum Gasteiger partial charge on any atom is -0.309 e. The number of hydrogen-bond donors (Lipinski definition) is 1. The molecule has 4 aromatic rings. The minimum atomic E-state index is -3.79. The molecule has 1 amide bonds. The Morgan fingerprint density at radius 1 is 1.00 bits per heavy atom. The van der Waals surface area contributed by atoms with E-state index in [4.69, 9.17) is 4.98 Å². The summed E-state index contributed by atoms with van der Waals surface area (Å²) in [4.78, 5) is 17.8. The number of rotatable bonds is 6. The third-order valence-corrected chi connectivity index (χ3v) is 7.06. The Labute approximate surface area is 187 Å². The van der Waals surface area contributed by atoms with Crippen LogP contribution in [0.4, 0.5) is 5.82 Å². The Bertz CT molecular complexity index is 1380. The van der Waals surface area contributed by atoms with E-state index in [-0.39, 0.29) is 11.4 Å². The van der Waals surface area contributed by atoms with Crippen molar-refractivity contribution >= 4 is 27.4 Å². The summed E-state index contributed by atoms with van der Waals surface area (Å²) in [6.45, 7) is 3.50. The number of imidazole rings is 1. The van der Waals surface area contributed by atoms with Crippen LogP contribution in [0, 0.1) is 13.8 Å². The average molecular weight is 449 g/mol. The molecule has 0 unspecified atom stereocenters. The first kappa shape index (κ1) is 21.7. The van der Waals surface area contributed by atoms with Gasteiger partial charge in [-0.2, -0.15) is 4.31 Å². The average Bonchev–Trinajstić information content (AvgIpc) is 3.14. The van der Waals surface area contributed by atoms with E-state index in [9.17, 15) is 13.2 Å². The second kappa shape index (κ2) is 8.57. The summed E-state index contributed by atoms with van der Waals surface area (Å²) in [6, 6.07) is 19.9. The highest BCUT2D eigenvalue weighted by Gasteiger charge is 2.24. The number of hydrogen-bond acceptors (Lipinski definition) is 4. The SMILES string of the molecule is Cc1ccc(S(=O)(=O)N(C)CC(=O)Nc2c(-c3ccccc3)nc3c(C)cccn23)cc1. The first-order chi connectivity index (χ1) is 15.3. The zero-order chi connectivity index (χ0) is 22.9. The van der Waals surface area contributed by atoms with Gasteiger partial charge in [0.15, 0.2) is 0 Å². The Hall–Kier alpha value is -3.49. The lowest BCUT2D eigenvalue weighted by Gasteiger charge is -2.17. The molecule has 0 spiro atoms. The van der Waals surface area contributed by atoms with Crippen LogP contribution < -0.4 is 5.32 Å². The fourth-order valence-electron chi connectivity index (χ4n) is 3.47. The van der Waals surface area contributed by atoms with E-state index < -0.39 is 15.9 Å². The molecule has 0 aliphatic rings. The van der Waals surface area contributed by atoms with E-state index in [1.165, 1.54) is 7.05 Å². The van der Waals surface area contributed by atoms with Gasteiger partial charge in [0.25, 0.3) is 0 Å². The number of sulfonamides is 1. The maximum absolute atomic E-state index is 12.9. The quantitative estimate of drug-likeness (QED) is 0.485. The van der Waals surface area contributed by atoms with Gasteiger partial charge in [0.05, 0.1) is 11.4 Å². The molecule has 2 aromatic carbocycles. The number of carbonyl (C=O) groups is 1. The van der Waals surface area contributed by atoms with Crippen LogP contribution in [0.2, 0.25) is 0 Å². The third kappa shape index (κ3) is 4.15. The van der Waals surface area contributed by atoms with E-state index in [0.717, 1.165) is 26.6 Å². The topological polar surface area (TPSA) is 83.8 Å². The number of nitrogens with zero attached hydrogens (tertiary/aromatic N) is 3. The van der Waals surface area contributed by atoms with Crippen LogP contribution in [0.15, 0.2) is 77.8 Å². The van der Waals surface area contributed by atoms with Crippen LogP contribution in [0.5, 0.6) is 0 Å². The van der Waals surface area contributed by atoms with Crippen molar-refractivity contribution in [3.05, 3.63) is 84.1 Å². The number of aryl methyl sites for hydroxylation is 2. The number of likely N-dealkylation sites (N-methyl/N-ethyl adjacent to an activating group) is 1. The molecular weight excluding hydrogens is 424 g/mol. The molecule has 0 saturated carbocycles.